The summed E-state index contributed by atoms with van der Waals surface area (Å²) in [6.45, 7) is 18.1. The number of rotatable bonds is 6. The fourth-order valence-corrected chi connectivity index (χ4v) is 8.94. The van der Waals surface area contributed by atoms with E-state index in [2.05, 4.69) is 110 Å². The highest BCUT2D eigenvalue weighted by molar-refractivity contribution is 6.30. The molecule has 11 heteroatoms. The second-order valence-electron chi connectivity index (χ2n) is 18.0. The molecule has 10 nitrogen and oxygen atoms in total. The maximum Gasteiger partial charge on any atom is 0.151 e. The lowest BCUT2D eigenvalue weighted by atomic mass is 9.77. The molecule has 0 aliphatic carbocycles. The monoisotopic (exact) mass is 764 g/mol. The minimum atomic E-state index is 0.0731. The number of phenols is 2. The summed E-state index contributed by atoms with van der Waals surface area (Å²) in [5.74, 6) is 1.93. The van der Waals surface area contributed by atoms with E-state index in [0.29, 0.717) is 39.6 Å². The fourth-order valence-electron chi connectivity index (χ4n) is 8.78. The van der Waals surface area contributed by atoms with Gasteiger partial charge in [-0.1, -0.05) is 35.9 Å². The molecule has 0 bridgehead atoms. The molecule has 0 spiro atoms. The van der Waals surface area contributed by atoms with Crippen LogP contribution >= 0.6 is 11.6 Å². The van der Waals surface area contributed by atoms with E-state index in [1.807, 2.05) is 54.6 Å². The second kappa shape index (κ2) is 15.2. The van der Waals surface area contributed by atoms with Gasteiger partial charge in [0.1, 0.15) is 17.3 Å². The first kappa shape index (κ1) is 40.2. The van der Waals surface area contributed by atoms with Crippen molar-refractivity contribution in [3.63, 3.8) is 0 Å². The largest absolute Gasteiger partial charge is 0.507 e. The quantitative estimate of drug-likeness (QED) is 0.133. The van der Waals surface area contributed by atoms with Crippen molar-refractivity contribution in [2.45, 2.75) is 115 Å². The summed E-state index contributed by atoms with van der Waals surface area (Å²) in [6, 6.07) is 25.1. The van der Waals surface area contributed by atoms with Crippen LogP contribution in [0.5, 0.6) is 11.5 Å². The molecule has 5 aromatic rings. The smallest absolute Gasteiger partial charge is 0.151 e. The maximum absolute atomic E-state index is 10.4. The highest BCUT2D eigenvalue weighted by Gasteiger charge is 2.44. The molecule has 0 unspecified atom stereocenters. The third kappa shape index (κ3) is 9.31. The van der Waals surface area contributed by atoms with Gasteiger partial charge in [0.15, 0.2) is 5.82 Å². The summed E-state index contributed by atoms with van der Waals surface area (Å²) >= 11 is 5.91. The van der Waals surface area contributed by atoms with Gasteiger partial charge < -0.3 is 25.7 Å². The van der Waals surface area contributed by atoms with Crippen molar-refractivity contribution in [2.75, 3.05) is 24.3 Å². The Morgan fingerprint density at radius 3 is 1.82 bits per heavy atom. The molecule has 292 valence electrons. The van der Waals surface area contributed by atoms with Crippen molar-refractivity contribution in [3.8, 4) is 34.0 Å². The van der Waals surface area contributed by atoms with Crippen molar-refractivity contribution in [3.05, 3.63) is 83.9 Å². The number of benzene rings is 3. The van der Waals surface area contributed by atoms with E-state index in [4.69, 9.17) is 11.6 Å². The second-order valence-corrected chi connectivity index (χ2v) is 18.4. The Morgan fingerprint density at radius 2 is 1.25 bits per heavy atom. The molecular weight excluding hydrogens is 708 g/mol. The average molecular weight is 765 g/mol. The highest BCUT2D eigenvalue weighted by atomic mass is 35.5. The number of fused-ring (bicyclic) bond motifs is 1. The van der Waals surface area contributed by atoms with Gasteiger partial charge in [-0.15, -0.1) is 20.4 Å². The molecule has 3 aromatic carbocycles. The van der Waals surface area contributed by atoms with E-state index in [-0.39, 0.29) is 33.7 Å². The van der Waals surface area contributed by atoms with Gasteiger partial charge in [-0.25, -0.2) is 0 Å². The Labute approximate surface area is 331 Å². The summed E-state index contributed by atoms with van der Waals surface area (Å²) in [5, 5.41) is 47.8. The predicted octanol–water partition coefficient (Wildman–Crippen LogP) is 9.31. The molecule has 2 aliphatic heterocycles. The normalized spacial score (nSPS) is 19.3. The van der Waals surface area contributed by atoms with E-state index < -0.39 is 0 Å². The molecule has 7 rings (SSSR count). The van der Waals surface area contributed by atoms with Crippen molar-refractivity contribution in [2.24, 2.45) is 0 Å². The number of hydrogen-bond acceptors (Lipinski definition) is 10. The van der Waals surface area contributed by atoms with Crippen LogP contribution in [0.25, 0.3) is 33.3 Å². The van der Waals surface area contributed by atoms with Gasteiger partial charge in [0.05, 0.1) is 11.4 Å². The first-order valence-corrected chi connectivity index (χ1v) is 19.5. The molecule has 2 aromatic heterocycles. The van der Waals surface area contributed by atoms with Gasteiger partial charge in [0.25, 0.3) is 0 Å². The molecule has 0 amide bonds. The fraction of sp³-hybridized carbons (Fsp3) is 0.455. The number of piperidine rings is 2. The van der Waals surface area contributed by atoms with Crippen LogP contribution in [0.3, 0.4) is 0 Å². The molecule has 4 heterocycles. The summed E-state index contributed by atoms with van der Waals surface area (Å²) in [6.07, 6.45) is 4.16. The van der Waals surface area contributed by atoms with Crippen molar-refractivity contribution in [1.82, 2.24) is 30.6 Å². The van der Waals surface area contributed by atoms with Crippen LogP contribution in [-0.4, -0.2) is 83.8 Å². The molecule has 2 aliphatic rings. The van der Waals surface area contributed by atoms with E-state index in [0.717, 1.165) is 48.1 Å². The molecule has 55 heavy (non-hydrogen) atoms. The van der Waals surface area contributed by atoms with Gasteiger partial charge >= 0.3 is 0 Å². The van der Waals surface area contributed by atoms with Crippen molar-refractivity contribution < 1.29 is 10.2 Å². The van der Waals surface area contributed by atoms with Gasteiger partial charge in [-0.3, -0.25) is 4.90 Å². The lowest BCUT2D eigenvalue weighted by Gasteiger charge is -2.55. The predicted molar refractivity (Wildman–Crippen MR) is 226 cm³/mol. The van der Waals surface area contributed by atoms with Crippen molar-refractivity contribution in [1.29, 1.82) is 0 Å². The summed E-state index contributed by atoms with van der Waals surface area (Å²) < 4.78 is 0. The number of aromatic nitrogens is 4. The Kier molecular flexibility index (Phi) is 11.1. The van der Waals surface area contributed by atoms with E-state index in [1.165, 1.54) is 6.07 Å². The summed E-state index contributed by atoms with van der Waals surface area (Å²) in [4.78, 5) is 4.71. The van der Waals surface area contributed by atoms with Gasteiger partial charge in [0.2, 0.25) is 0 Å². The Morgan fingerprint density at radius 1 is 0.691 bits per heavy atom. The van der Waals surface area contributed by atoms with Gasteiger partial charge in [-0.2, -0.15) is 0 Å². The maximum atomic E-state index is 10.4. The molecule has 2 saturated heterocycles. The first-order valence-electron chi connectivity index (χ1n) is 19.1. The van der Waals surface area contributed by atoms with Crippen molar-refractivity contribution >= 4 is 34.0 Å². The number of likely N-dealkylation sites (tertiary alicyclic amines) is 1. The molecule has 0 saturated carbocycles. The third-order valence-corrected chi connectivity index (χ3v) is 11.7. The minimum Gasteiger partial charge on any atom is -0.507 e. The first-order chi connectivity index (χ1) is 25.7. The van der Waals surface area contributed by atoms with Crippen LogP contribution in [0.15, 0.2) is 78.9 Å². The van der Waals surface area contributed by atoms with Crippen LogP contribution in [-0.2, 0) is 0 Å². The van der Waals surface area contributed by atoms with E-state index in [1.54, 1.807) is 18.2 Å². The molecular formula is C44H57ClN8O2. The number of anilines is 2. The average Bonchev–Trinajstić information content (AvgIpc) is 3.09. The van der Waals surface area contributed by atoms with E-state index >= 15 is 0 Å². The van der Waals surface area contributed by atoms with E-state index in [9.17, 15) is 10.2 Å². The molecule has 4 N–H and O–H groups in total. The number of aromatic hydroxyl groups is 2. The third-order valence-electron chi connectivity index (χ3n) is 11.4. The zero-order valence-corrected chi connectivity index (χ0v) is 34.7. The van der Waals surface area contributed by atoms with Crippen LogP contribution in [0.4, 0.5) is 11.6 Å². The number of phenolic OH excluding ortho intramolecular Hbond substituents is 2. The summed E-state index contributed by atoms with van der Waals surface area (Å²) in [7, 11) is 4.30. The number of halogens is 1. The lowest BCUT2D eigenvalue weighted by Crippen LogP contribution is -2.62. The summed E-state index contributed by atoms with van der Waals surface area (Å²) in [5.41, 5.74) is 2.99. The molecule has 0 radical (unpaired) electrons. The van der Waals surface area contributed by atoms with Gasteiger partial charge in [-0.05, 0) is 153 Å². The van der Waals surface area contributed by atoms with Crippen LogP contribution in [0.1, 0.15) is 81.1 Å². The SMILES string of the molecule is CC1(C)CC(Nc2ccc(-c3cc4ccccc4cc3O)nn2)CC(C)(C)N1.CN(c1ccc(-c2ccc(Cl)cc2O)nn1)C1CC(C)(C)N(C)C(C)(C)C1. The number of nitrogens with zero attached hydrogens (tertiary/aromatic N) is 6. The Balaban J connectivity index is 0.000000187. The standard InChI is InChI=1S/C23H28N4O.C21H29ClN4O/c1-22(2)13-17(14-23(3,4)27-22)24-21-10-9-19(25-26-21)18-11-15-7-5-6-8-16(15)12-20(18)28;1-20(2)12-15(13-21(3,4)26(20)6)25(5)19-10-9-17(23-24-19)16-8-7-14(22)11-18(16)27/h5-12,17,27-28H,13-14H2,1-4H3,(H,24,26);7-11,15,27H,12-13H2,1-6H3. The molecule has 2 fully saturated rings. The van der Waals surface area contributed by atoms with Crippen LogP contribution in [0, 0.1) is 0 Å². The Bertz CT molecular complexity index is 2080. The Hall–Kier alpha value is -4.51. The lowest BCUT2D eigenvalue weighted by molar-refractivity contribution is -0.0120. The zero-order valence-electron chi connectivity index (χ0n) is 33.9. The van der Waals surface area contributed by atoms with Crippen LogP contribution < -0.4 is 15.5 Å². The number of hydrogen-bond donors (Lipinski definition) is 4. The number of nitrogens with one attached hydrogen (secondary N) is 2. The van der Waals surface area contributed by atoms with Gasteiger partial charge in [0, 0.05) is 57.4 Å². The molecule has 0 atom stereocenters. The van der Waals surface area contributed by atoms with Crippen LogP contribution in [0.2, 0.25) is 5.02 Å². The zero-order chi connectivity index (χ0) is 39.9. The minimum absolute atomic E-state index is 0.0731. The highest BCUT2D eigenvalue weighted by Crippen LogP contribution is 2.40. The topological polar surface area (TPSA) is 123 Å².